The van der Waals surface area contributed by atoms with Gasteiger partial charge in [-0.3, -0.25) is 0 Å². The van der Waals surface area contributed by atoms with Crippen LogP contribution >= 0.6 is 0 Å². The number of pyridine rings is 3. The molecule has 2 saturated heterocycles. The highest BCUT2D eigenvalue weighted by atomic mass is 16.5. The smallest absolute Gasteiger partial charge is 0.213 e. The van der Waals surface area contributed by atoms with E-state index in [1.807, 2.05) is 36.7 Å². The molecule has 1 aliphatic carbocycles. The highest BCUT2D eigenvalue weighted by Crippen LogP contribution is 2.40. The Morgan fingerprint density at radius 2 is 1.70 bits per heavy atom. The number of ether oxygens (including phenoxy) is 3. The van der Waals surface area contributed by atoms with Gasteiger partial charge in [0.2, 0.25) is 5.88 Å². The van der Waals surface area contributed by atoms with Gasteiger partial charge in [-0.05, 0) is 56.0 Å². The van der Waals surface area contributed by atoms with Gasteiger partial charge in [0.05, 0.1) is 56.0 Å². The van der Waals surface area contributed by atoms with Crippen LogP contribution in [0.2, 0.25) is 0 Å². The number of hydrogen-bond acceptors (Lipinski definition) is 9. The van der Waals surface area contributed by atoms with Crippen molar-refractivity contribution in [1.29, 1.82) is 5.26 Å². The molecule has 4 aromatic rings. The lowest BCUT2D eigenvalue weighted by molar-refractivity contribution is 0.166. The van der Waals surface area contributed by atoms with Crippen molar-refractivity contribution in [3.63, 3.8) is 0 Å². The number of nitrogens with zero attached hydrogens (tertiary/aromatic N) is 7. The van der Waals surface area contributed by atoms with E-state index in [0.29, 0.717) is 23.3 Å². The Labute approximate surface area is 232 Å². The first-order valence-electron chi connectivity index (χ1n) is 13.7. The third-order valence-electron chi connectivity index (χ3n) is 8.35. The SMILES string of the molecule is COc1ccc(OC2CN(c3ccc(-c4cc(OC5CC6CN(C)CC6C5)cn5ncc(C#N)c45)cn3)C2)cn1. The van der Waals surface area contributed by atoms with Gasteiger partial charge in [0.1, 0.15) is 29.5 Å². The number of rotatable bonds is 7. The zero-order valence-corrected chi connectivity index (χ0v) is 22.6. The Balaban J connectivity index is 1.07. The normalized spacial score (nSPS) is 22.6. The summed E-state index contributed by atoms with van der Waals surface area (Å²) >= 11 is 0. The molecule has 0 radical (unpaired) electrons. The zero-order chi connectivity index (χ0) is 27.2. The van der Waals surface area contributed by atoms with Crippen LogP contribution in [0, 0.1) is 23.2 Å². The summed E-state index contributed by atoms with van der Waals surface area (Å²) in [6, 6.07) is 12.0. The number of nitriles is 1. The third kappa shape index (κ3) is 4.56. The Morgan fingerprint density at radius 3 is 2.38 bits per heavy atom. The number of aromatic nitrogens is 4. The van der Waals surface area contributed by atoms with Crippen LogP contribution in [0.1, 0.15) is 18.4 Å². The first-order valence-corrected chi connectivity index (χ1v) is 13.7. The van der Waals surface area contributed by atoms with Crippen molar-refractivity contribution >= 4 is 11.3 Å². The number of likely N-dealkylation sites (tertiary alicyclic amines) is 1. The van der Waals surface area contributed by atoms with Crippen molar-refractivity contribution in [2.24, 2.45) is 11.8 Å². The molecule has 3 aliphatic rings. The molecule has 0 bridgehead atoms. The molecule has 204 valence electrons. The minimum atomic E-state index is 0.0747. The van der Waals surface area contributed by atoms with Crippen molar-refractivity contribution in [2.45, 2.75) is 25.0 Å². The van der Waals surface area contributed by atoms with E-state index in [4.69, 9.17) is 19.2 Å². The fourth-order valence-corrected chi connectivity index (χ4v) is 6.41. The maximum atomic E-state index is 9.74. The van der Waals surface area contributed by atoms with Gasteiger partial charge in [0.15, 0.2) is 0 Å². The van der Waals surface area contributed by atoms with Crippen LogP contribution in [-0.2, 0) is 0 Å². The molecule has 10 heteroatoms. The van der Waals surface area contributed by atoms with Gasteiger partial charge in [-0.2, -0.15) is 10.4 Å². The summed E-state index contributed by atoms with van der Waals surface area (Å²) in [6.07, 6.45) is 9.48. The van der Waals surface area contributed by atoms with Crippen LogP contribution in [-0.4, -0.2) is 77.0 Å². The van der Waals surface area contributed by atoms with E-state index in [1.54, 1.807) is 30.1 Å². The molecular weight excluding hydrogens is 506 g/mol. The average Bonchev–Trinajstić information content (AvgIpc) is 3.63. The topological polar surface area (TPSA) is 101 Å². The second-order valence-electron chi connectivity index (χ2n) is 11.1. The Hall–Kier alpha value is -4.36. The molecule has 0 aromatic carbocycles. The lowest BCUT2D eigenvalue weighted by atomic mass is 10.0. The molecule has 40 heavy (non-hydrogen) atoms. The second kappa shape index (κ2) is 9.99. The molecular formula is C30H31N7O3. The molecule has 2 unspecified atom stereocenters. The Morgan fingerprint density at radius 1 is 0.900 bits per heavy atom. The molecule has 0 N–H and O–H groups in total. The average molecular weight is 538 g/mol. The minimum absolute atomic E-state index is 0.0747. The standard InChI is InChI=1S/C30H31N7O3/c1-35-14-20-7-24(8-21(20)15-35)40-25-9-27(30-22(10-31)12-34-37(30)18-25)19-3-5-28(32-11-19)36-16-26(17-36)39-23-4-6-29(38-2)33-13-23/h3-6,9,11-13,18,20-21,24,26H,7-8,14-17H2,1-2H3. The number of fused-ring (bicyclic) bond motifs is 2. The van der Waals surface area contributed by atoms with Crippen LogP contribution in [0.5, 0.6) is 17.4 Å². The molecule has 2 atom stereocenters. The third-order valence-corrected chi connectivity index (χ3v) is 8.35. The number of methoxy groups -OCH3 is 1. The van der Waals surface area contributed by atoms with E-state index >= 15 is 0 Å². The molecule has 7 rings (SSSR count). The maximum Gasteiger partial charge on any atom is 0.213 e. The Kier molecular flexibility index (Phi) is 6.16. The molecule has 10 nitrogen and oxygen atoms in total. The summed E-state index contributed by atoms with van der Waals surface area (Å²) in [5.41, 5.74) is 3.10. The van der Waals surface area contributed by atoms with Crippen molar-refractivity contribution in [3.05, 3.63) is 60.7 Å². The van der Waals surface area contributed by atoms with Gasteiger partial charge in [-0.15, -0.1) is 0 Å². The van der Waals surface area contributed by atoms with Gasteiger partial charge < -0.3 is 24.0 Å². The molecule has 6 heterocycles. The highest BCUT2D eigenvalue weighted by molar-refractivity contribution is 5.85. The summed E-state index contributed by atoms with van der Waals surface area (Å²) < 4.78 is 19.4. The molecule has 2 aliphatic heterocycles. The molecule has 3 fully saturated rings. The first-order chi connectivity index (χ1) is 19.6. The molecule has 0 spiro atoms. The van der Waals surface area contributed by atoms with Crippen molar-refractivity contribution in [2.75, 3.05) is 45.2 Å². The van der Waals surface area contributed by atoms with Crippen molar-refractivity contribution in [1.82, 2.24) is 24.5 Å². The van der Waals surface area contributed by atoms with Gasteiger partial charge >= 0.3 is 0 Å². The fourth-order valence-electron chi connectivity index (χ4n) is 6.41. The predicted molar refractivity (Wildman–Crippen MR) is 149 cm³/mol. The first kappa shape index (κ1) is 24.7. The summed E-state index contributed by atoms with van der Waals surface area (Å²) in [4.78, 5) is 13.5. The lowest BCUT2D eigenvalue weighted by Crippen LogP contribution is -2.54. The maximum absolute atomic E-state index is 9.74. The van der Waals surface area contributed by atoms with E-state index in [-0.39, 0.29) is 12.2 Å². The lowest BCUT2D eigenvalue weighted by Gasteiger charge is -2.39. The molecule has 1 saturated carbocycles. The van der Waals surface area contributed by atoms with Crippen LogP contribution in [0.4, 0.5) is 5.82 Å². The van der Waals surface area contributed by atoms with Gasteiger partial charge in [-0.1, -0.05) is 0 Å². The van der Waals surface area contributed by atoms with Gasteiger partial charge in [0.25, 0.3) is 0 Å². The number of hydrogen-bond donors (Lipinski definition) is 0. The van der Waals surface area contributed by atoms with Crippen LogP contribution < -0.4 is 19.1 Å². The van der Waals surface area contributed by atoms with Crippen LogP contribution in [0.25, 0.3) is 16.6 Å². The fraction of sp³-hybridized carbons (Fsp3) is 0.400. The summed E-state index contributed by atoms with van der Waals surface area (Å²) in [7, 11) is 3.79. The summed E-state index contributed by atoms with van der Waals surface area (Å²) in [5, 5.41) is 14.2. The van der Waals surface area contributed by atoms with Crippen LogP contribution in [0.3, 0.4) is 0 Å². The summed E-state index contributed by atoms with van der Waals surface area (Å²) in [5.74, 6) is 4.37. The van der Waals surface area contributed by atoms with E-state index in [9.17, 15) is 5.26 Å². The largest absolute Gasteiger partial charge is 0.489 e. The zero-order valence-electron chi connectivity index (χ0n) is 22.6. The van der Waals surface area contributed by atoms with E-state index in [2.05, 4.69) is 33.0 Å². The van der Waals surface area contributed by atoms with Gasteiger partial charge in [0, 0.05) is 36.5 Å². The molecule has 4 aromatic heterocycles. The van der Waals surface area contributed by atoms with E-state index in [1.165, 1.54) is 0 Å². The van der Waals surface area contributed by atoms with E-state index < -0.39 is 0 Å². The molecule has 0 amide bonds. The van der Waals surface area contributed by atoms with E-state index in [0.717, 1.165) is 73.0 Å². The quantitative estimate of drug-likeness (QED) is 0.350. The summed E-state index contributed by atoms with van der Waals surface area (Å²) in [6.45, 7) is 3.79. The van der Waals surface area contributed by atoms with Gasteiger partial charge in [-0.25, -0.2) is 14.5 Å². The Bertz CT molecular complexity index is 1540. The highest BCUT2D eigenvalue weighted by Gasteiger charge is 2.40. The monoisotopic (exact) mass is 537 g/mol. The minimum Gasteiger partial charge on any atom is -0.489 e. The van der Waals surface area contributed by atoms with Crippen molar-refractivity contribution in [3.8, 4) is 34.6 Å². The predicted octanol–water partition coefficient (Wildman–Crippen LogP) is 3.66. The number of anilines is 1. The van der Waals surface area contributed by atoms with Crippen molar-refractivity contribution < 1.29 is 14.2 Å². The second-order valence-corrected chi connectivity index (χ2v) is 11.1. The van der Waals surface area contributed by atoms with Crippen LogP contribution in [0.15, 0.2) is 55.1 Å².